The van der Waals surface area contributed by atoms with Crippen molar-refractivity contribution in [2.45, 2.75) is 25.8 Å². The first-order chi connectivity index (χ1) is 9.20. The number of hydrogen-bond acceptors (Lipinski definition) is 5. The fourth-order valence-corrected chi connectivity index (χ4v) is 1.72. The van der Waals surface area contributed by atoms with Crippen molar-refractivity contribution in [1.82, 2.24) is 10.1 Å². The fraction of sp³-hybridized carbons (Fsp3) is 0.308. The van der Waals surface area contributed by atoms with Gasteiger partial charge in [-0.2, -0.15) is 0 Å². The van der Waals surface area contributed by atoms with Crippen molar-refractivity contribution in [3.05, 3.63) is 35.9 Å². The number of pyridine rings is 1. The smallest absolute Gasteiger partial charge is 0.258 e. The summed E-state index contributed by atoms with van der Waals surface area (Å²) in [6, 6.07) is 3.98. The number of aryl methyl sites for hydroxylation is 1. The molecule has 0 aliphatic heterocycles. The number of amides is 1. The molecule has 1 saturated carbocycles. The van der Waals surface area contributed by atoms with Gasteiger partial charge in [0.05, 0.1) is 11.3 Å². The number of carbonyl (C=O) groups excluding carboxylic acids is 1. The summed E-state index contributed by atoms with van der Waals surface area (Å²) in [6.07, 6.45) is 5.60. The summed E-state index contributed by atoms with van der Waals surface area (Å²) in [5, 5.41) is 9.69. The van der Waals surface area contributed by atoms with Gasteiger partial charge >= 0.3 is 0 Å². The molecule has 1 aliphatic carbocycles. The minimum Gasteiger partial charge on any atom is -0.381 e. The molecule has 0 spiro atoms. The van der Waals surface area contributed by atoms with E-state index in [0.29, 0.717) is 23.2 Å². The Hall–Kier alpha value is -2.37. The monoisotopic (exact) mass is 258 g/mol. The zero-order valence-corrected chi connectivity index (χ0v) is 10.5. The van der Waals surface area contributed by atoms with Crippen molar-refractivity contribution < 1.29 is 9.32 Å². The number of rotatable bonds is 4. The molecule has 1 amide bonds. The summed E-state index contributed by atoms with van der Waals surface area (Å²) >= 11 is 0. The Morgan fingerprint density at radius 2 is 2.21 bits per heavy atom. The van der Waals surface area contributed by atoms with E-state index in [1.54, 1.807) is 25.3 Å². The van der Waals surface area contributed by atoms with Gasteiger partial charge < -0.3 is 15.2 Å². The normalized spacial score (nSPS) is 14.2. The van der Waals surface area contributed by atoms with Gasteiger partial charge in [-0.25, -0.2) is 0 Å². The van der Waals surface area contributed by atoms with E-state index in [9.17, 15) is 4.79 Å². The minimum absolute atomic E-state index is 0.250. The molecule has 3 rings (SSSR count). The maximum atomic E-state index is 12.0. The number of nitrogens with zero attached hydrogens (tertiary/aromatic N) is 2. The number of anilines is 2. The third kappa shape index (κ3) is 2.90. The van der Waals surface area contributed by atoms with Crippen LogP contribution in [0.15, 0.2) is 29.0 Å². The Kier molecular flexibility index (Phi) is 2.91. The van der Waals surface area contributed by atoms with Crippen LogP contribution in [-0.4, -0.2) is 22.1 Å². The number of aromatic nitrogens is 2. The third-order valence-electron chi connectivity index (χ3n) is 2.82. The van der Waals surface area contributed by atoms with E-state index in [-0.39, 0.29) is 5.91 Å². The predicted octanol–water partition coefficient (Wildman–Crippen LogP) is 2.20. The molecule has 2 aromatic rings. The van der Waals surface area contributed by atoms with Crippen LogP contribution in [0.25, 0.3) is 0 Å². The van der Waals surface area contributed by atoms with Gasteiger partial charge in [0, 0.05) is 24.5 Å². The predicted molar refractivity (Wildman–Crippen MR) is 70.1 cm³/mol. The molecule has 2 heterocycles. The number of carbonyl (C=O) groups is 1. The summed E-state index contributed by atoms with van der Waals surface area (Å²) in [6.45, 7) is 1.77. The molecule has 19 heavy (non-hydrogen) atoms. The van der Waals surface area contributed by atoms with Crippen LogP contribution >= 0.6 is 0 Å². The standard InChI is InChI=1S/C13H14N4O2/c1-8-4-12(17-19-8)16-13(18)9-5-11(7-14-6-9)15-10-2-3-10/h4-7,10,15H,2-3H2,1H3,(H,16,17,18). The van der Waals surface area contributed by atoms with Gasteiger partial charge in [-0.3, -0.25) is 9.78 Å². The second kappa shape index (κ2) is 4.72. The highest BCUT2D eigenvalue weighted by Gasteiger charge is 2.21. The second-order valence-electron chi connectivity index (χ2n) is 4.66. The van der Waals surface area contributed by atoms with Crippen LogP contribution in [0.1, 0.15) is 29.0 Å². The number of hydrogen-bond donors (Lipinski definition) is 2. The molecule has 0 unspecified atom stereocenters. The summed E-state index contributed by atoms with van der Waals surface area (Å²) in [4.78, 5) is 16.1. The van der Waals surface area contributed by atoms with Gasteiger partial charge in [0.15, 0.2) is 5.82 Å². The van der Waals surface area contributed by atoms with Gasteiger partial charge in [0.1, 0.15) is 5.76 Å². The molecule has 6 nitrogen and oxygen atoms in total. The lowest BCUT2D eigenvalue weighted by atomic mass is 10.2. The molecule has 0 aromatic carbocycles. The van der Waals surface area contributed by atoms with Crippen LogP contribution in [0.2, 0.25) is 0 Å². The molecular formula is C13H14N4O2. The van der Waals surface area contributed by atoms with Crippen molar-refractivity contribution >= 4 is 17.4 Å². The van der Waals surface area contributed by atoms with E-state index >= 15 is 0 Å². The molecule has 98 valence electrons. The van der Waals surface area contributed by atoms with E-state index in [0.717, 1.165) is 5.69 Å². The first kappa shape index (κ1) is 11.7. The Balaban J connectivity index is 1.71. The van der Waals surface area contributed by atoms with Crippen LogP contribution in [0.3, 0.4) is 0 Å². The summed E-state index contributed by atoms with van der Waals surface area (Å²) in [5.74, 6) is 0.806. The van der Waals surface area contributed by atoms with Gasteiger partial charge in [-0.05, 0) is 25.8 Å². The van der Waals surface area contributed by atoms with E-state index < -0.39 is 0 Å². The molecular weight excluding hydrogens is 244 g/mol. The average Bonchev–Trinajstić information content (AvgIpc) is 3.11. The van der Waals surface area contributed by atoms with Crippen molar-refractivity contribution in [1.29, 1.82) is 0 Å². The lowest BCUT2D eigenvalue weighted by molar-refractivity contribution is 0.102. The Morgan fingerprint density at radius 3 is 2.89 bits per heavy atom. The zero-order valence-electron chi connectivity index (χ0n) is 10.5. The fourth-order valence-electron chi connectivity index (χ4n) is 1.72. The summed E-state index contributed by atoms with van der Waals surface area (Å²) in [5.41, 5.74) is 1.36. The van der Waals surface area contributed by atoms with Crippen LogP contribution < -0.4 is 10.6 Å². The first-order valence-corrected chi connectivity index (χ1v) is 6.17. The van der Waals surface area contributed by atoms with Crippen molar-refractivity contribution in [2.24, 2.45) is 0 Å². The highest BCUT2D eigenvalue weighted by Crippen LogP contribution is 2.24. The second-order valence-corrected chi connectivity index (χ2v) is 4.66. The van der Waals surface area contributed by atoms with E-state index in [4.69, 9.17) is 4.52 Å². The zero-order chi connectivity index (χ0) is 13.2. The molecule has 0 saturated heterocycles. The van der Waals surface area contributed by atoms with Crippen molar-refractivity contribution in [3.63, 3.8) is 0 Å². The van der Waals surface area contributed by atoms with Gasteiger partial charge in [0.25, 0.3) is 5.91 Å². The van der Waals surface area contributed by atoms with Gasteiger partial charge in [-0.15, -0.1) is 0 Å². The van der Waals surface area contributed by atoms with Crippen molar-refractivity contribution in [2.75, 3.05) is 10.6 Å². The maximum Gasteiger partial charge on any atom is 0.258 e. The van der Waals surface area contributed by atoms with Crippen LogP contribution in [-0.2, 0) is 0 Å². The van der Waals surface area contributed by atoms with Crippen LogP contribution in [0.5, 0.6) is 0 Å². The third-order valence-corrected chi connectivity index (χ3v) is 2.82. The lowest BCUT2D eigenvalue weighted by Crippen LogP contribution is -2.13. The molecule has 2 aromatic heterocycles. The Labute approximate surface area is 110 Å². The SMILES string of the molecule is Cc1cc(NC(=O)c2cncc(NC3CC3)c2)no1. The summed E-state index contributed by atoms with van der Waals surface area (Å²) < 4.78 is 4.89. The lowest BCUT2D eigenvalue weighted by Gasteiger charge is -2.06. The molecule has 2 N–H and O–H groups in total. The molecule has 0 bridgehead atoms. The minimum atomic E-state index is -0.250. The Bertz CT molecular complexity index is 604. The molecule has 1 fully saturated rings. The quantitative estimate of drug-likeness (QED) is 0.878. The topological polar surface area (TPSA) is 80.0 Å². The largest absolute Gasteiger partial charge is 0.381 e. The van der Waals surface area contributed by atoms with Gasteiger partial charge in [-0.1, -0.05) is 5.16 Å². The Morgan fingerprint density at radius 1 is 1.37 bits per heavy atom. The highest BCUT2D eigenvalue weighted by molar-refractivity contribution is 6.04. The summed E-state index contributed by atoms with van der Waals surface area (Å²) in [7, 11) is 0. The molecule has 1 aliphatic rings. The molecule has 6 heteroatoms. The van der Waals surface area contributed by atoms with E-state index in [1.165, 1.54) is 19.0 Å². The van der Waals surface area contributed by atoms with Crippen LogP contribution in [0.4, 0.5) is 11.5 Å². The number of nitrogens with one attached hydrogen (secondary N) is 2. The van der Waals surface area contributed by atoms with Crippen LogP contribution in [0, 0.1) is 6.92 Å². The molecule has 0 atom stereocenters. The van der Waals surface area contributed by atoms with E-state index in [2.05, 4.69) is 20.8 Å². The highest BCUT2D eigenvalue weighted by atomic mass is 16.5. The molecule has 0 radical (unpaired) electrons. The van der Waals surface area contributed by atoms with Crippen molar-refractivity contribution in [3.8, 4) is 0 Å². The average molecular weight is 258 g/mol. The van der Waals surface area contributed by atoms with Gasteiger partial charge in [0.2, 0.25) is 0 Å². The first-order valence-electron chi connectivity index (χ1n) is 6.17. The van der Waals surface area contributed by atoms with E-state index in [1.807, 2.05) is 0 Å². The maximum absolute atomic E-state index is 12.0.